The van der Waals surface area contributed by atoms with Gasteiger partial charge in [0.15, 0.2) is 0 Å². The fraction of sp³-hybridized carbons (Fsp3) is 0.200. The normalized spacial score (nSPS) is 11.9. The molecule has 0 spiro atoms. The van der Waals surface area contributed by atoms with Gasteiger partial charge in [0.2, 0.25) is 0 Å². The number of carbonyl (C=O) groups excluding carboxylic acids is 1. The van der Waals surface area contributed by atoms with Crippen LogP contribution in [0.2, 0.25) is 0 Å². The van der Waals surface area contributed by atoms with E-state index >= 15 is 0 Å². The fourth-order valence-electron chi connectivity index (χ4n) is 0.805. The Morgan fingerprint density at radius 2 is 2.12 bits per heavy atom. The number of hydrogen-bond acceptors (Lipinski definition) is 4. The van der Waals surface area contributed by atoms with E-state index in [0.717, 1.165) is 0 Å². The second-order valence-electron chi connectivity index (χ2n) is 2.87. The zero-order chi connectivity index (χ0) is 12.7. The first-order valence-electron chi connectivity index (χ1n) is 4.27. The van der Waals surface area contributed by atoms with Crippen molar-refractivity contribution in [1.82, 2.24) is 5.32 Å². The third-order valence-electron chi connectivity index (χ3n) is 1.45. The minimum atomic E-state index is -0.637. The molecule has 16 heavy (non-hydrogen) atoms. The van der Waals surface area contributed by atoms with Gasteiger partial charge in [-0.15, -0.1) is 0 Å². The van der Waals surface area contributed by atoms with Crippen molar-refractivity contribution < 1.29 is 9.53 Å². The molecule has 0 fully saturated rings. The van der Waals surface area contributed by atoms with E-state index in [-0.39, 0.29) is 10.9 Å². The fourth-order valence-corrected chi connectivity index (χ4v) is 0.854. The summed E-state index contributed by atoms with van der Waals surface area (Å²) in [7, 11) is 1.25. The number of halogens is 1. The molecule has 0 saturated carbocycles. The third-order valence-corrected chi connectivity index (χ3v) is 1.54. The molecule has 3 N–H and O–H groups in total. The molecule has 0 atom stereocenters. The molecule has 0 aliphatic heterocycles. The number of alkyl carbamates (subject to hydrolysis) is 1. The van der Waals surface area contributed by atoms with E-state index in [0.29, 0.717) is 11.3 Å². The van der Waals surface area contributed by atoms with Crippen LogP contribution < -0.4 is 11.1 Å². The molecule has 0 aliphatic rings. The van der Waals surface area contributed by atoms with Crippen LogP contribution in [0.4, 0.5) is 4.79 Å². The van der Waals surface area contributed by atoms with Gasteiger partial charge in [-0.05, 0) is 12.5 Å². The lowest BCUT2D eigenvalue weighted by molar-refractivity contribution is 0.174. The quantitative estimate of drug-likeness (QED) is 0.585. The van der Waals surface area contributed by atoms with Crippen molar-refractivity contribution in [2.24, 2.45) is 10.7 Å². The first-order valence-corrected chi connectivity index (χ1v) is 4.65. The van der Waals surface area contributed by atoms with Crippen LogP contribution in [0.15, 0.2) is 40.8 Å². The summed E-state index contributed by atoms with van der Waals surface area (Å²) in [6.07, 6.45) is 0.595. The molecule has 0 aromatic carbocycles. The number of rotatable bonds is 4. The first kappa shape index (κ1) is 14.2. The number of ether oxygens (including phenoxy) is 1. The Labute approximate surface area is 99.3 Å². The van der Waals surface area contributed by atoms with Crippen LogP contribution in [0, 0.1) is 0 Å². The van der Waals surface area contributed by atoms with Crippen molar-refractivity contribution in [3.8, 4) is 0 Å². The van der Waals surface area contributed by atoms with Crippen LogP contribution >= 0.6 is 11.6 Å². The maximum absolute atomic E-state index is 10.9. The summed E-state index contributed by atoms with van der Waals surface area (Å²) in [6, 6.07) is 0. The second kappa shape index (κ2) is 6.68. The minimum Gasteiger partial charge on any atom is -0.453 e. The lowest BCUT2D eigenvalue weighted by atomic mass is 10.1. The Hall–Kier alpha value is -1.75. The van der Waals surface area contributed by atoms with Crippen LogP contribution in [0.1, 0.15) is 6.92 Å². The molecule has 0 aliphatic carbocycles. The van der Waals surface area contributed by atoms with Gasteiger partial charge in [-0.1, -0.05) is 24.8 Å². The molecule has 0 heterocycles. The number of amides is 1. The molecule has 0 aromatic heterocycles. The Bertz CT molecular complexity index is 368. The number of carbonyl (C=O) groups is 1. The molecule has 0 aromatic rings. The van der Waals surface area contributed by atoms with Gasteiger partial charge in [0, 0.05) is 0 Å². The highest BCUT2D eigenvalue weighted by atomic mass is 35.5. The molecule has 0 radical (unpaired) electrons. The van der Waals surface area contributed by atoms with E-state index in [1.807, 2.05) is 0 Å². The number of methoxy groups -OCH3 is 1. The van der Waals surface area contributed by atoms with Gasteiger partial charge in [0.1, 0.15) is 5.16 Å². The minimum absolute atomic E-state index is 0.0182. The second-order valence-corrected chi connectivity index (χ2v) is 3.30. The number of nitrogens with one attached hydrogen (secondary N) is 1. The molecule has 6 heteroatoms. The van der Waals surface area contributed by atoms with Crippen molar-refractivity contribution in [2.75, 3.05) is 7.11 Å². The third kappa shape index (κ3) is 5.21. The van der Waals surface area contributed by atoms with Gasteiger partial charge in [-0.3, -0.25) is 10.3 Å². The van der Waals surface area contributed by atoms with Gasteiger partial charge in [-0.25, -0.2) is 4.79 Å². The summed E-state index contributed by atoms with van der Waals surface area (Å²) >= 11 is 5.42. The van der Waals surface area contributed by atoms with Crippen LogP contribution in [-0.4, -0.2) is 18.9 Å². The number of allylic oxidation sites excluding steroid dienone is 1. The van der Waals surface area contributed by atoms with E-state index < -0.39 is 6.09 Å². The maximum Gasteiger partial charge on any atom is 0.411 e. The van der Waals surface area contributed by atoms with Crippen LogP contribution in [0.5, 0.6) is 0 Å². The predicted molar refractivity (Wildman–Crippen MR) is 65.1 cm³/mol. The number of hydrogen-bond donors (Lipinski definition) is 2. The standard InChI is InChI=1S/C10H14ClN3O2/c1-6(2)9(13-5-8(11)12)7(3)14-10(15)16-4/h5H,1,3,12H2,2,4H3,(H,14,15)/b8-5-,13-9?. The highest BCUT2D eigenvalue weighted by Crippen LogP contribution is 2.04. The summed E-state index contributed by atoms with van der Waals surface area (Å²) in [5, 5.41) is 2.39. The topological polar surface area (TPSA) is 76.7 Å². The monoisotopic (exact) mass is 243 g/mol. The molecular formula is C10H14ClN3O2. The Kier molecular flexibility index (Phi) is 5.95. The van der Waals surface area contributed by atoms with E-state index in [1.165, 1.54) is 13.3 Å². The molecule has 0 rings (SSSR count). The van der Waals surface area contributed by atoms with E-state index in [4.69, 9.17) is 17.3 Å². The summed E-state index contributed by atoms with van der Waals surface area (Å²) in [5.41, 5.74) is 6.46. The maximum atomic E-state index is 10.9. The smallest absolute Gasteiger partial charge is 0.411 e. The summed E-state index contributed by atoms with van der Waals surface area (Å²) < 4.78 is 4.41. The number of nitrogens with two attached hydrogens (primary N) is 1. The average Bonchev–Trinajstić information content (AvgIpc) is 2.16. The van der Waals surface area contributed by atoms with E-state index in [2.05, 4.69) is 28.2 Å². The summed E-state index contributed by atoms with van der Waals surface area (Å²) in [4.78, 5) is 14.9. The zero-order valence-corrected chi connectivity index (χ0v) is 9.97. The van der Waals surface area contributed by atoms with Crippen molar-refractivity contribution in [1.29, 1.82) is 0 Å². The first-order chi connectivity index (χ1) is 7.38. The number of aliphatic imine (C=N–C) groups is 1. The molecule has 88 valence electrons. The van der Waals surface area contributed by atoms with Crippen molar-refractivity contribution >= 4 is 23.4 Å². The largest absolute Gasteiger partial charge is 0.453 e. The Morgan fingerprint density at radius 3 is 2.50 bits per heavy atom. The van der Waals surface area contributed by atoms with Crippen molar-refractivity contribution in [3.63, 3.8) is 0 Å². The lowest BCUT2D eigenvalue weighted by Crippen LogP contribution is -2.26. The van der Waals surface area contributed by atoms with Gasteiger partial charge in [-0.2, -0.15) is 0 Å². The zero-order valence-electron chi connectivity index (χ0n) is 9.21. The van der Waals surface area contributed by atoms with E-state index in [1.54, 1.807) is 6.92 Å². The summed E-state index contributed by atoms with van der Waals surface area (Å²) in [6.45, 7) is 9.03. The van der Waals surface area contributed by atoms with Crippen molar-refractivity contribution in [2.45, 2.75) is 6.92 Å². The van der Waals surface area contributed by atoms with Gasteiger partial charge >= 0.3 is 6.09 Å². The molecular weight excluding hydrogens is 230 g/mol. The molecule has 0 saturated heterocycles. The number of nitrogens with zero attached hydrogens (tertiary/aromatic N) is 1. The highest BCUT2D eigenvalue weighted by molar-refractivity contribution is 6.29. The predicted octanol–water partition coefficient (Wildman–Crippen LogP) is 1.87. The molecule has 1 amide bonds. The van der Waals surface area contributed by atoms with Crippen molar-refractivity contribution in [3.05, 3.63) is 35.8 Å². The lowest BCUT2D eigenvalue weighted by Gasteiger charge is -2.09. The molecule has 5 nitrogen and oxygen atoms in total. The van der Waals surface area contributed by atoms with Gasteiger partial charge in [0.05, 0.1) is 24.7 Å². The van der Waals surface area contributed by atoms with Crippen LogP contribution in [-0.2, 0) is 4.74 Å². The molecule has 0 bridgehead atoms. The molecule has 0 unspecified atom stereocenters. The van der Waals surface area contributed by atoms with E-state index in [9.17, 15) is 4.79 Å². The highest BCUT2D eigenvalue weighted by Gasteiger charge is 2.08. The van der Waals surface area contributed by atoms with Crippen LogP contribution in [0.25, 0.3) is 0 Å². The summed E-state index contributed by atoms with van der Waals surface area (Å²) in [5.74, 6) is 0. The SMILES string of the molecule is C=C(C)C(=N/C=C(\N)Cl)C(=C)NC(=O)OC. The van der Waals surface area contributed by atoms with Crippen LogP contribution in [0.3, 0.4) is 0 Å². The average molecular weight is 244 g/mol. The van der Waals surface area contributed by atoms with Gasteiger partial charge < -0.3 is 10.5 Å². The van der Waals surface area contributed by atoms with Gasteiger partial charge in [0.25, 0.3) is 0 Å². The Morgan fingerprint density at radius 1 is 1.56 bits per heavy atom. The Balaban J connectivity index is 4.87.